The maximum Gasteiger partial charge on any atom is 0.250 e. The Balaban J connectivity index is 1.33. The number of aromatic nitrogens is 3. The molecular weight excluding hydrogens is 504 g/mol. The fourth-order valence-electron chi connectivity index (χ4n) is 6.95. The number of para-hydroxylation sites is 2. The van der Waals surface area contributed by atoms with E-state index in [4.69, 9.17) is 9.40 Å². The summed E-state index contributed by atoms with van der Waals surface area (Å²) in [6, 6.07) is 15.1. The van der Waals surface area contributed by atoms with E-state index in [1.165, 1.54) is 0 Å². The molecule has 1 saturated heterocycles. The predicted molar refractivity (Wildman–Crippen MR) is 155 cm³/mol. The monoisotopic (exact) mass is 536 g/mol. The maximum atomic E-state index is 14.1. The molecule has 2 aromatic carbocycles. The summed E-state index contributed by atoms with van der Waals surface area (Å²) in [5.41, 5.74) is 5.02. The van der Waals surface area contributed by atoms with Crippen LogP contribution in [0, 0.1) is 12.8 Å². The fourth-order valence-corrected chi connectivity index (χ4v) is 6.95. The predicted octanol–water partition coefficient (Wildman–Crippen LogP) is 4.70. The number of imidazole rings is 1. The van der Waals surface area contributed by atoms with Crippen molar-refractivity contribution in [1.29, 1.82) is 0 Å². The van der Waals surface area contributed by atoms with Crippen LogP contribution in [-0.4, -0.2) is 37.2 Å². The maximum absolute atomic E-state index is 14.1. The molecule has 2 bridgehead atoms. The molecule has 7 rings (SSSR count). The molecule has 0 amide bonds. The van der Waals surface area contributed by atoms with E-state index in [1.54, 1.807) is 19.1 Å². The zero-order valence-electron chi connectivity index (χ0n) is 23.0. The van der Waals surface area contributed by atoms with E-state index in [-0.39, 0.29) is 22.7 Å². The summed E-state index contributed by atoms with van der Waals surface area (Å²) in [6.45, 7) is 6.54. The quantitative estimate of drug-likeness (QED) is 0.358. The van der Waals surface area contributed by atoms with Gasteiger partial charge in [0.05, 0.1) is 22.0 Å². The molecule has 5 heterocycles. The number of aromatic hydroxyl groups is 1. The Bertz CT molecular complexity index is 1930. The first-order valence-electron chi connectivity index (χ1n) is 14.0. The second-order valence-electron chi connectivity index (χ2n) is 11.3. The molecule has 40 heavy (non-hydrogen) atoms. The summed E-state index contributed by atoms with van der Waals surface area (Å²) in [7, 11) is 1.91. The number of hydrogen-bond acceptors (Lipinski definition) is 6. The van der Waals surface area contributed by atoms with Gasteiger partial charge in [-0.1, -0.05) is 25.1 Å². The second-order valence-corrected chi connectivity index (χ2v) is 11.3. The van der Waals surface area contributed by atoms with Crippen LogP contribution in [0.1, 0.15) is 41.8 Å². The lowest BCUT2D eigenvalue weighted by molar-refractivity contribution is 0.113. The Hall–Kier alpha value is -4.17. The number of aryl methyl sites for hydroxylation is 3. The van der Waals surface area contributed by atoms with Crippen LogP contribution in [0.3, 0.4) is 0 Å². The Morgan fingerprint density at radius 2 is 1.90 bits per heavy atom. The molecule has 2 aliphatic rings. The van der Waals surface area contributed by atoms with E-state index in [1.807, 2.05) is 53.4 Å². The number of hydrogen-bond donors (Lipinski definition) is 1. The zero-order chi connectivity index (χ0) is 27.7. The molecule has 0 radical (unpaired) electrons. The van der Waals surface area contributed by atoms with Crippen LogP contribution in [0.4, 0.5) is 0 Å². The van der Waals surface area contributed by atoms with Crippen molar-refractivity contribution in [2.75, 3.05) is 13.1 Å². The lowest BCUT2D eigenvalue weighted by atomic mass is 9.83. The van der Waals surface area contributed by atoms with Crippen molar-refractivity contribution in [3.8, 4) is 17.1 Å². The molecule has 0 saturated carbocycles. The smallest absolute Gasteiger partial charge is 0.250 e. The van der Waals surface area contributed by atoms with Gasteiger partial charge in [0.2, 0.25) is 5.43 Å². The number of phenols is 1. The van der Waals surface area contributed by atoms with E-state index >= 15 is 0 Å². The van der Waals surface area contributed by atoms with E-state index in [0.29, 0.717) is 59.1 Å². The molecule has 204 valence electrons. The summed E-state index contributed by atoms with van der Waals surface area (Å²) >= 11 is 0. The average Bonchev–Trinajstić information content (AvgIpc) is 3.27. The first-order valence-corrected chi connectivity index (χ1v) is 14.0. The minimum absolute atomic E-state index is 0.0635. The van der Waals surface area contributed by atoms with Gasteiger partial charge >= 0.3 is 0 Å². The Labute approximate surface area is 231 Å². The van der Waals surface area contributed by atoms with E-state index < -0.39 is 0 Å². The second kappa shape index (κ2) is 9.20. The van der Waals surface area contributed by atoms with Crippen LogP contribution in [0.5, 0.6) is 5.75 Å². The largest absolute Gasteiger partial charge is 0.507 e. The van der Waals surface area contributed by atoms with Gasteiger partial charge in [-0.2, -0.15) is 0 Å². The number of rotatable bonds is 4. The number of fused-ring (bicyclic) bond motifs is 6. The summed E-state index contributed by atoms with van der Waals surface area (Å²) in [5, 5.41) is 11.8. The summed E-state index contributed by atoms with van der Waals surface area (Å²) < 4.78 is 10.3. The molecular formula is C32H32N4O4. The normalized spacial score (nSPS) is 18.9. The third-order valence-corrected chi connectivity index (χ3v) is 8.83. The molecule has 8 nitrogen and oxygen atoms in total. The molecule has 0 unspecified atom stereocenters. The van der Waals surface area contributed by atoms with E-state index in [9.17, 15) is 14.7 Å². The van der Waals surface area contributed by atoms with Gasteiger partial charge in [-0.3, -0.25) is 14.5 Å². The topological polar surface area (TPSA) is 93.5 Å². The molecule has 2 atom stereocenters. The lowest BCUT2D eigenvalue weighted by Gasteiger charge is -2.42. The average molecular weight is 537 g/mol. The van der Waals surface area contributed by atoms with Gasteiger partial charge in [-0.25, -0.2) is 4.98 Å². The summed E-state index contributed by atoms with van der Waals surface area (Å²) in [4.78, 5) is 33.7. The highest BCUT2D eigenvalue weighted by Gasteiger charge is 2.35. The van der Waals surface area contributed by atoms with Gasteiger partial charge in [0.15, 0.2) is 0 Å². The lowest BCUT2D eigenvalue weighted by Crippen LogP contribution is -2.46. The van der Waals surface area contributed by atoms with Crippen LogP contribution < -0.4 is 11.0 Å². The molecule has 1 N–H and O–H groups in total. The molecule has 2 aliphatic heterocycles. The van der Waals surface area contributed by atoms with Crippen LogP contribution in [0.25, 0.3) is 33.4 Å². The van der Waals surface area contributed by atoms with Crippen LogP contribution in [-0.2, 0) is 26.6 Å². The van der Waals surface area contributed by atoms with Crippen molar-refractivity contribution in [2.24, 2.45) is 13.0 Å². The summed E-state index contributed by atoms with van der Waals surface area (Å²) in [6.07, 6.45) is 1.64. The molecule has 8 heteroatoms. The molecule has 3 aromatic heterocycles. The van der Waals surface area contributed by atoms with Crippen molar-refractivity contribution in [1.82, 2.24) is 19.0 Å². The minimum Gasteiger partial charge on any atom is -0.507 e. The molecule has 1 fully saturated rings. The van der Waals surface area contributed by atoms with E-state index in [2.05, 4.69) is 11.0 Å². The number of benzene rings is 2. The first kappa shape index (κ1) is 24.8. The van der Waals surface area contributed by atoms with Crippen molar-refractivity contribution < 1.29 is 9.52 Å². The van der Waals surface area contributed by atoms with Gasteiger partial charge in [0.1, 0.15) is 28.5 Å². The number of phenolic OH excluding ortho intramolecular Hbond substituents is 1. The molecule has 5 aromatic rings. The van der Waals surface area contributed by atoms with Crippen molar-refractivity contribution in [3.05, 3.63) is 91.7 Å². The highest BCUT2D eigenvalue weighted by Crippen LogP contribution is 2.39. The molecule has 0 spiro atoms. The number of likely N-dealkylation sites (tertiary alicyclic amines) is 1. The van der Waals surface area contributed by atoms with Crippen molar-refractivity contribution in [2.45, 2.75) is 45.7 Å². The zero-order valence-corrected chi connectivity index (χ0v) is 23.0. The number of nitrogens with zero attached hydrogens (tertiary/aromatic N) is 4. The van der Waals surface area contributed by atoms with Crippen molar-refractivity contribution >= 4 is 22.0 Å². The van der Waals surface area contributed by atoms with Crippen molar-refractivity contribution in [3.63, 3.8) is 0 Å². The van der Waals surface area contributed by atoms with Gasteiger partial charge in [-0.15, -0.1) is 0 Å². The third kappa shape index (κ3) is 3.73. The van der Waals surface area contributed by atoms with Gasteiger partial charge in [-0.05, 0) is 55.5 Å². The number of pyridine rings is 1. The third-order valence-electron chi connectivity index (χ3n) is 8.83. The Morgan fingerprint density at radius 1 is 1.07 bits per heavy atom. The minimum atomic E-state index is -0.142. The fraction of sp³-hybridized carbons (Fsp3) is 0.344. The molecule has 0 aliphatic carbocycles. The van der Waals surface area contributed by atoms with Gasteiger partial charge in [0.25, 0.3) is 5.56 Å². The van der Waals surface area contributed by atoms with Crippen LogP contribution in [0.15, 0.2) is 62.5 Å². The van der Waals surface area contributed by atoms with E-state index in [0.717, 1.165) is 41.8 Å². The number of piperidine rings is 1. The Morgan fingerprint density at radius 3 is 2.70 bits per heavy atom. The summed E-state index contributed by atoms with van der Waals surface area (Å²) in [5.74, 6) is 1.85. The van der Waals surface area contributed by atoms with Gasteiger partial charge in [0, 0.05) is 50.9 Å². The first-order chi connectivity index (χ1) is 19.3. The highest BCUT2D eigenvalue weighted by molar-refractivity contribution is 5.88. The standard InChI is InChI=1S/C32H32N4O4/c1-4-20-13-22-30(39)28(32-33-24-8-5-6-9-26(24)34(32)3)18(2)40-31(22)23(29(20)38)17-35-14-19-12-21(16-35)25-10-7-11-27(37)36(25)15-19/h5-11,13,19,21,38H,4,12,14-17H2,1-3H3/t19-,21+/m0/s1. The SMILES string of the molecule is CCc1cc2c(=O)c(-c3nc4ccccc4n3C)c(C)oc2c(CN2C[C@@H]3C[C@H](C2)c2cccc(=O)n2C3)c1O. The van der Waals surface area contributed by atoms with Crippen LogP contribution in [0.2, 0.25) is 0 Å². The van der Waals surface area contributed by atoms with Gasteiger partial charge < -0.3 is 18.7 Å². The van der Waals surface area contributed by atoms with Crippen LogP contribution >= 0.6 is 0 Å². The Kier molecular flexibility index (Phi) is 5.71. The highest BCUT2D eigenvalue weighted by atomic mass is 16.3.